The van der Waals surface area contributed by atoms with Gasteiger partial charge in [0.25, 0.3) is 0 Å². The van der Waals surface area contributed by atoms with Crippen molar-refractivity contribution in [2.24, 2.45) is 0 Å². The molecule has 0 saturated heterocycles. The van der Waals surface area contributed by atoms with Gasteiger partial charge >= 0.3 is 0 Å². The third-order valence-corrected chi connectivity index (χ3v) is 4.62. The van der Waals surface area contributed by atoms with Gasteiger partial charge in [0.1, 0.15) is 0 Å². The molecular formula is C20H20N2. The van der Waals surface area contributed by atoms with E-state index in [1.54, 1.807) is 0 Å². The van der Waals surface area contributed by atoms with Crippen molar-refractivity contribution in [3.8, 4) is 0 Å². The van der Waals surface area contributed by atoms with Crippen molar-refractivity contribution in [3.63, 3.8) is 0 Å². The van der Waals surface area contributed by atoms with Crippen LogP contribution in [0.3, 0.4) is 0 Å². The molecule has 1 atom stereocenters. The second kappa shape index (κ2) is 5.47. The fraction of sp³-hybridized carbons (Fsp3) is 0.200. The molecule has 0 radical (unpaired) electrons. The lowest BCUT2D eigenvalue weighted by Crippen LogP contribution is -2.24. The van der Waals surface area contributed by atoms with Crippen LogP contribution in [0.15, 0.2) is 72.3 Å². The number of hydrogen-bond acceptors (Lipinski definition) is 2. The molecule has 0 amide bonds. The Balaban J connectivity index is 1.65. The van der Waals surface area contributed by atoms with Crippen molar-refractivity contribution in [1.82, 2.24) is 5.01 Å². The van der Waals surface area contributed by atoms with E-state index in [2.05, 4.69) is 84.2 Å². The number of benzene rings is 2. The molecule has 0 bridgehead atoms. The van der Waals surface area contributed by atoms with Gasteiger partial charge in [-0.15, -0.1) is 0 Å². The molecule has 2 heteroatoms. The predicted octanol–water partition coefficient (Wildman–Crippen LogP) is 4.80. The zero-order valence-corrected chi connectivity index (χ0v) is 12.8. The van der Waals surface area contributed by atoms with Crippen LogP contribution in [-0.4, -0.2) is 12.1 Å². The van der Waals surface area contributed by atoms with Crippen LogP contribution in [0.25, 0.3) is 5.57 Å². The summed E-state index contributed by atoms with van der Waals surface area (Å²) in [4.78, 5) is 0. The van der Waals surface area contributed by atoms with E-state index in [1.807, 2.05) is 0 Å². The number of nitrogens with zero attached hydrogens (tertiary/aromatic N) is 1. The fourth-order valence-electron chi connectivity index (χ4n) is 3.52. The third kappa shape index (κ3) is 2.26. The van der Waals surface area contributed by atoms with Crippen LogP contribution in [0.2, 0.25) is 0 Å². The smallest absolute Gasteiger partial charge is 0.0771 e. The number of nitrogens with one attached hydrogen (secondary N) is 1. The van der Waals surface area contributed by atoms with Crippen LogP contribution in [-0.2, 0) is 0 Å². The average molecular weight is 288 g/mol. The summed E-state index contributed by atoms with van der Waals surface area (Å²) in [6.45, 7) is 0. The van der Waals surface area contributed by atoms with Gasteiger partial charge in [0, 0.05) is 7.05 Å². The SMILES string of the molecule is CN1Nc2ccccc2C1C1=CC=C(c2ccccc2)CC1. The molecule has 1 aliphatic carbocycles. The van der Waals surface area contributed by atoms with Crippen molar-refractivity contribution < 1.29 is 0 Å². The Hall–Kier alpha value is -2.32. The van der Waals surface area contributed by atoms with E-state index >= 15 is 0 Å². The summed E-state index contributed by atoms with van der Waals surface area (Å²) in [6.07, 6.45) is 6.84. The molecule has 1 heterocycles. The molecule has 2 aromatic carbocycles. The molecule has 4 rings (SSSR count). The van der Waals surface area contributed by atoms with Gasteiger partial charge in [-0.2, -0.15) is 0 Å². The van der Waals surface area contributed by atoms with Crippen molar-refractivity contribution in [1.29, 1.82) is 0 Å². The van der Waals surface area contributed by atoms with Crippen molar-refractivity contribution in [3.05, 3.63) is 83.4 Å². The second-order valence-electron chi connectivity index (χ2n) is 6.01. The van der Waals surface area contributed by atoms with Crippen molar-refractivity contribution in [2.45, 2.75) is 18.9 Å². The lowest BCUT2D eigenvalue weighted by molar-refractivity contribution is 0.351. The maximum absolute atomic E-state index is 3.46. The molecule has 1 aliphatic heterocycles. The molecular weight excluding hydrogens is 268 g/mol. The van der Waals surface area contributed by atoms with Crippen LogP contribution in [0, 0.1) is 0 Å². The van der Waals surface area contributed by atoms with E-state index in [4.69, 9.17) is 0 Å². The van der Waals surface area contributed by atoms with Crippen LogP contribution < -0.4 is 5.43 Å². The third-order valence-electron chi connectivity index (χ3n) is 4.62. The van der Waals surface area contributed by atoms with E-state index in [1.165, 1.54) is 28.0 Å². The highest BCUT2D eigenvalue weighted by Gasteiger charge is 2.30. The first-order valence-corrected chi connectivity index (χ1v) is 7.86. The monoisotopic (exact) mass is 288 g/mol. The normalized spacial score (nSPS) is 20.9. The highest BCUT2D eigenvalue weighted by molar-refractivity contribution is 5.69. The number of para-hydroxylation sites is 1. The molecule has 110 valence electrons. The minimum atomic E-state index is 0.352. The summed E-state index contributed by atoms with van der Waals surface area (Å²) in [5.74, 6) is 0. The quantitative estimate of drug-likeness (QED) is 0.853. The standard InChI is InChI=1S/C20H20N2/c1-22-20(18-9-5-6-10-19(18)21-22)17-13-11-16(12-14-17)15-7-3-2-4-8-15/h2-11,13,20-21H,12,14H2,1H3. The first-order valence-electron chi connectivity index (χ1n) is 7.86. The second-order valence-corrected chi connectivity index (χ2v) is 6.01. The number of hydrazine groups is 1. The Morgan fingerprint density at radius 2 is 1.68 bits per heavy atom. The number of rotatable bonds is 2. The largest absolute Gasteiger partial charge is 0.318 e. The van der Waals surface area contributed by atoms with Gasteiger partial charge in [-0.3, -0.25) is 0 Å². The van der Waals surface area contributed by atoms with E-state index in [0.717, 1.165) is 12.8 Å². The Morgan fingerprint density at radius 3 is 2.45 bits per heavy atom. The summed E-state index contributed by atoms with van der Waals surface area (Å²) in [5.41, 5.74) is 10.3. The first-order chi connectivity index (χ1) is 10.8. The number of allylic oxidation sites excluding steroid dienone is 3. The van der Waals surface area contributed by atoms with Crippen LogP contribution in [0.4, 0.5) is 5.69 Å². The molecule has 0 spiro atoms. The molecule has 1 N–H and O–H groups in total. The molecule has 0 saturated carbocycles. The average Bonchev–Trinajstić information content (AvgIpc) is 2.91. The van der Waals surface area contributed by atoms with Crippen molar-refractivity contribution in [2.75, 3.05) is 12.5 Å². The van der Waals surface area contributed by atoms with Gasteiger partial charge in [0.15, 0.2) is 0 Å². The Morgan fingerprint density at radius 1 is 0.909 bits per heavy atom. The summed E-state index contributed by atoms with van der Waals surface area (Å²) < 4.78 is 0. The van der Waals surface area contributed by atoms with Gasteiger partial charge in [0.05, 0.1) is 11.7 Å². The maximum Gasteiger partial charge on any atom is 0.0771 e. The number of hydrogen-bond donors (Lipinski definition) is 1. The van der Waals surface area contributed by atoms with Crippen LogP contribution in [0.1, 0.15) is 30.0 Å². The molecule has 22 heavy (non-hydrogen) atoms. The zero-order valence-electron chi connectivity index (χ0n) is 12.8. The first kappa shape index (κ1) is 13.4. The van der Waals surface area contributed by atoms with Crippen molar-refractivity contribution >= 4 is 11.3 Å². The van der Waals surface area contributed by atoms with Crippen LogP contribution in [0.5, 0.6) is 0 Å². The highest BCUT2D eigenvalue weighted by atomic mass is 15.5. The molecule has 2 nitrogen and oxygen atoms in total. The molecule has 1 unspecified atom stereocenters. The lowest BCUT2D eigenvalue weighted by Gasteiger charge is -2.25. The molecule has 0 fully saturated rings. The Labute approximate surface area is 131 Å². The lowest BCUT2D eigenvalue weighted by atomic mass is 9.87. The number of fused-ring (bicyclic) bond motifs is 1. The van der Waals surface area contributed by atoms with E-state index in [9.17, 15) is 0 Å². The van der Waals surface area contributed by atoms with E-state index in [-0.39, 0.29) is 0 Å². The molecule has 2 aromatic rings. The summed E-state index contributed by atoms with van der Waals surface area (Å²) in [6, 6.07) is 19.6. The Kier molecular flexibility index (Phi) is 3.32. The highest BCUT2D eigenvalue weighted by Crippen LogP contribution is 2.42. The van der Waals surface area contributed by atoms with Gasteiger partial charge in [-0.1, -0.05) is 60.7 Å². The number of likely N-dealkylation sites (N-methyl/N-ethyl adjacent to an activating group) is 1. The van der Waals surface area contributed by atoms with Gasteiger partial charge in [-0.25, -0.2) is 5.01 Å². The molecule has 0 aromatic heterocycles. The Bertz CT molecular complexity index is 743. The maximum atomic E-state index is 3.46. The minimum absolute atomic E-state index is 0.352. The predicted molar refractivity (Wildman–Crippen MR) is 92.3 cm³/mol. The summed E-state index contributed by atoms with van der Waals surface area (Å²) in [5, 5.41) is 2.22. The zero-order chi connectivity index (χ0) is 14.9. The fourth-order valence-corrected chi connectivity index (χ4v) is 3.52. The van der Waals surface area contributed by atoms with Gasteiger partial charge in [-0.05, 0) is 41.2 Å². The molecule has 2 aliphatic rings. The summed E-state index contributed by atoms with van der Waals surface area (Å²) >= 11 is 0. The topological polar surface area (TPSA) is 15.3 Å². The van der Waals surface area contributed by atoms with Gasteiger partial charge < -0.3 is 5.43 Å². The number of anilines is 1. The van der Waals surface area contributed by atoms with Gasteiger partial charge in [0.2, 0.25) is 0 Å². The summed E-state index contributed by atoms with van der Waals surface area (Å²) in [7, 11) is 2.13. The van der Waals surface area contributed by atoms with E-state index in [0.29, 0.717) is 6.04 Å². The van der Waals surface area contributed by atoms with E-state index < -0.39 is 0 Å². The van der Waals surface area contributed by atoms with Crippen LogP contribution >= 0.6 is 0 Å². The minimum Gasteiger partial charge on any atom is -0.318 e.